The highest BCUT2D eigenvalue weighted by molar-refractivity contribution is 7.89. The van der Waals surface area contributed by atoms with E-state index >= 15 is 0 Å². The molecular weight excluding hydrogens is 360 g/mol. The van der Waals surface area contributed by atoms with Gasteiger partial charge < -0.3 is 5.32 Å². The number of carbonyl (C=O) groups excluding carboxylic acids is 1. The first kappa shape index (κ1) is 18.2. The molecule has 1 amide bonds. The fraction of sp³-hybridized carbons (Fsp3) is 0.381. The number of benzene rings is 2. The van der Waals surface area contributed by atoms with Gasteiger partial charge in [-0.2, -0.15) is 4.31 Å². The molecule has 2 aliphatic rings. The molecule has 0 aromatic heterocycles. The summed E-state index contributed by atoms with van der Waals surface area (Å²) in [4.78, 5) is 12.9. The number of aryl methyl sites for hydroxylation is 1. The van der Waals surface area contributed by atoms with Crippen LogP contribution in [0.3, 0.4) is 0 Å². The number of nitrogens with zero attached hydrogens (tertiary/aromatic N) is 1. The van der Waals surface area contributed by atoms with Crippen molar-refractivity contribution in [1.82, 2.24) is 9.62 Å². The third kappa shape index (κ3) is 3.77. The summed E-state index contributed by atoms with van der Waals surface area (Å²) >= 11 is 0. The van der Waals surface area contributed by atoms with Crippen LogP contribution < -0.4 is 5.32 Å². The summed E-state index contributed by atoms with van der Waals surface area (Å²) in [6.45, 7) is 1.11. The zero-order valence-electron chi connectivity index (χ0n) is 15.2. The Kier molecular flexibility index (Phi) is 5.02. The number of rotatable bonds is 4. The van der Waals surface area contributed by atoms with Gasteiger partial charge in [0.1, 0.15) is 0 Å². The van der Waals surface area contributed by atoms with Crippen LogP contribution in [0.1, 0.15) is 40.7 Å². The van der Waals surface area contributed by atoms with Gasteiger partial charge in [-0.25, -0.2) is 8.42 Å². The molecule has 1 N–H and O–H groups in total. The largest absolute Gasteiger partial charge is 0.349 e. The van der Waals surface area contributed by atoms with E-state index in [0.29, 0.717) is 18.7 Å². The van der Waals surface area contributed by atoms with Crippen LogP contribution in [0.5, 0.6) is 0 Å². The number of carbonyl (C=O) groups is 1. The highest BCUT2D eigenvalue weighted by Crippen LogP contribution is 2.23. The van der Waals surface area contributed by atoms with Crippen LogP contribution in [0.2, 0.25) is 0 Å². The molecule has 5 nitrogen and oxygen atoms in total. The maximum absolute atomic E-state index is 12.7. The van der Waals surface area contributed by atoms with E-state index in [4.69, 9.17) is 0 Å². The number of amides is 1. The standard InChI is InChI=1S/C21H24N2O3S/c24-21(22-19-11-10-16-6-1-2-7-17(16)14-19)18-8-5-9-20(15-18)27(25,26)23-12-3-4-13-23/h1-2,5-9,15,19H,3-4,10-14H2,(H,22,24). The van der Waals surface area contributed by atoms with Crippen molar-refractivity contribution in [3.8, 4) is 0 Å². The maximum atomic E-state index is 12.7. The predicted molar refractivity (Wildman–Crippen MR) is 104 cm³/mol. The van der Waals surface area contributed by atoms with Crippen molar-refractivity contribution < 1.29 is 13.2 Å². The molecule has 1 saturated heterocycles. The summed E-state index contributed by atoms with van der Waals surface area (Å²) in [6.07, 6.45) is 4.44. The molecule has 142 valence electrons. The second-order valence-corrected chi connectivity index (χ2v) is 9.26. The quantitative estimate of drug-likeness (QED) is 0.881. The minimum Gasteiger partial charge on any atom is -0.349 e. The summed E-state index contributed by atoms with van der Waals surface area (Å²) in [5.41, 5.74) is 3.02. The second kappa shape index (κ2) is 7.44. The van der Waals surface area contributed by atoms with E-state index in [1.165, 1.54) is 21.5 Å². The van der Waals surface area contributed by atoms with Gasteiger partial charge in [-0.3, -0.25) is 4.79 Å². The van der Waals surface area contributed by atoms with Gasteiger partial charge in [0.2, 0.25) is 10.0 Å². The monoisotopic (exact) mass is 384 g/mol. The van der Waals surface area contributed by atoms with E-state index < -0.39 is 10.0 Å². The molecule has 0 spiro atoms. The summed E-state index contributed by atoms with van der Waals surface area (Å²) in [6, 6.07) is 14.8. The Morgan fingerprint density at radius 2 is 1.74 bits per heavy atom. The van der Waals surface area contributed by atoms with Crippen molar-refractivity contribution in [3.63, 3.8) is 0 Å². The third-order valence-corrected chi connectivity index (χ3v) is 7.38. The third-order valence-electron chi connectivity index (χ3n) is 5.48. The highest BCUT2D eigenvalue weighted by atomic mass is 32.2. The average Bonchev–Trinajstić information content (AvgIpc) is 3.24. The van der Waals surface area contributed by atoms with Crippen molar-refractivity contribution in [2.24, 2.45) is 0 Å². The Labute approximate surface area is 160 Å². The Morgan fingerprint density at radius 3 is 2.52 bits per heavy atom. The first-order valence-corrected chi connectivity index (χ1v) is 11.0. The zero-order valence-corrected chi connectivity index (χ0v) is 16.0. The van der Waals surface area contributed by atoms with Gasteiger partial charge in [-0.05, 0) is 61.4 Å². The van der Waals surface area contributed by atoms with Crippen molar-refractivity contribution in [2.45, 2.75) is 43.0 Å². The van der Waals surface area contributed by atoms with Crippen molar-refractivity contribution >= 4 is 15.9 Å². The topological polar surface area (TPSA) is 66.5 Å². The van der Waals surface area contributed by atoms with Gasteiger partial charge in [0.05, 0.1) is 4.90 Å². The van der Waals surface area contributed by atoms with E-state index in [0.717, 1.165) is 32.1 Å². The number of nitrogens with one attached hydrogen (secondary N) is 1. The van der Waals surface area contributed by atoms with Gasteiger partial charge in [-0.15, -0.1) is 0 Å². The summed E-state index contributed by atoms with van der Waals surface area (Å²) in [5, 5.41) is 3.08. The molecule has 1 atom stereocenters. The molecule has 6 heteroatoms. The lowest BCUT2D eigenvalue weighted by Gasteiger charge is -2.25. The fourth-order valence-corrected chi connectivity index (χ4v) is 5.53. The molecule has 1 unspecified atom stereocenters. The van der Waals surface area contributed by atoms with Crippen LogP contribution >= 0.6 is 0 Å². The van der Waals surface area contributed by atoms with Crippen LogP contribution in [0.15, 0.2) is 53.4 Å². The fourth-order valence-electron chi connectivity index (χ4n) is 3.97. The SMILES string of the molecule is O=C(NC1CCc2ccccc2C1)c1cccc(S(=O)(=O)N2CCCC2)c1. The first-order chi connectivity index (χ1) is 13.0. The summed E-state index contributed by atoms with van der Waals surface area (Å²) in [7, 11) is -3.51. The minimum atomic E-state index is -3.51. The van der Waals surface area contributed by atoms with Crippen LogP contribution in [0.4, 0.5) is 0 Å². The molecule has 0 radical (unpaired) electrons. The molecule has 0 saturated carbocycles. The van der Waals surface area contributed by atoms with Gasteiger partial charge in [0, 0.05) is 24.7 Å². The lowest BCUT2D eigenvalue weighted by molar-refractivity contribution is 0.0933. The predicted octanol–water partition coefficient (Wildman–Crippen LogP) is 2.76. The van der Waals surface area contributed by atoms with E-state index in [-0.39, 0.29) is 16.8 Å². The highest BCUT2D eigenvalue weighted by Gasteiger charge is 2.28. The lowest BCUT2D eigenvalue weighted by Crippen LogP contribution is -2.39. The molecule has 27 heavy (non-hydrogen) atoms. The molecule has 1 aliphatic heterocycles. The Balaban J connectivity index is 1.48. The zero-order chi connectivity index (χ0) is 18.9. The second-order valence-electron chi connectivity index (χ2n) is 7.32. The minimum absolute atomic E-state index is 0.0752. The first-order valence-electron chi connectivity index (χ1n) is 9.52. The molecule has 1 aliphatic carbocycles. The normalized spacial score (nSPS) is 20.2. The van der Waals surface area contributed by atoms with E-state index in [1.807, 2.05) is 12.1 Å². The molecule has 2 aromatic carbocycles. The molecule has 1 fully saturated rings. The van der Waals surface area contributed by atoms with Crippen molar-refractivity contribution in [1.29, 1.82) is 0 Å². The molecule has 2 aromatic rings. The van der Waals surface area contributed by atoms with Gasteiger partial charge in [-0.1, -0.05) is 30.3 Å². The molecular formula is C21H24N2O3S. The molecule has 0 bridgehead atoms. The van der Waals surface area contributed by atoms with E-state index in [9.17, 15) is 13.2 Å². The summed E-state index contributed by atoms with van der Waals surface area (Å²) < 4.78 is 27.0. The Morgan fingerprint density at radius 1 is 1.00 bits per heavy atom. The van der Waals surface area contributed by atoms with Crippen molar-refractivity contribution in [2.75, 3.05) is 13.1 Å². The molecule has 1 heterocycles. The summed E-state index contributed by atoms with van der Waals surface area (Å²) in [5.74, 6) is -0.210. The Bertz CT molecular complexity index is 949. The number of hydrogen-bond acceptors (Lipinski definition) is 3. The lowest BCUT2D eigenvalue weighted by atomic mass is 9.88. The van der Waals surface area contributed by atoms with Crippen LogP contribution in [-0.2, 0) is 22.9 Å². The molecule has 4 rings (SSSR count). The maximum Gasteiger partial charge on any atom is 0.251 e. The van der Waals surface area contributed by atoms with Gasteiger partial charge in [0.15, 0.2) is 0 Å². The van der Waals surface area contributed by atoms with Crippen molar-refractivity contribution in [3.05, 3.63) is 65.2 Å². The van der Waals surface area contributed by atoms with Crippen LogP contribution in [0, 0.1) is 0 Å². The van der Waals surface area contributed by atoms with E-state index in [1.54, 1.807) is 18.2 Å². The van der Waals surface area contributed by atoms with E-state index in [2.05, 4.69) is 17.4 Å². The number of fused-ring (bicyclic) bond motifs is 1. The average molecular weight is 385 g/mol. The smallest absolute Gasteiger partial charge is 0.251 e. The van der Waals surface area contributed by atoms with Gasteiger partial charge >= 0.3 is 0 Å². The Hall–Kier alpha value is -2.18. The van der Waals surface area contributed by atoms with Crippen LogP contribution in [-0.4, -0.2) is 37.8 Å². The number of hydrogen-bond donors (Lipinski definition) is 1. The van der Waals surface area contributed by atoms with Gasteiger partial charge in [0.25, 0.3) is 5.91 Å². The van der Waals surface area contributed by atoms with Crippen LogP contribution in [0.25, 0.3) is 0 Å². The number of sulfonamides is 1.